The number of nitrogens with two attached hydrogens (primary N) is 1. The van der Waals surface area contributed by atoms with E-state index in [9.17, 15) is 13.6 Å². The highest BCUT2D eigenvalue weighted by Gasteiger charge is 2.23. The predicted octanol–water partition coefficient (Wildman–Crippen LogP) is 3.06. The summed E-state index contributed by atoms with van der Waals surface area (Å²) in [6.07, 6.45) is 2.36. The van der Waals surface area contributed by atoms with E-state index in [1.807, 2.05) is 13.8 Å². The maximum Gasteiger partial charge on any atom is 0.270 e. The maximum absolute atomic E-state index is 13.9. The largest absolute Gasteiger partial charge is 0.470 e. The highest BCUT2D eigenvalue weighted by Crippen LogP contribution is 2.23. The molecular formula is C21H25F2N5O2. The van der Waals surface area contributed by atoms with Crippen molar-refractivity contribution in [2.45, 2.75) is 46.3 Å². The van der Waals surface area contributed by atoms with Crippen LogP contribution in [-0.2, 0) is 6.61 Å². The van der Waals surface area contributed by atoms with E-state index in [0.717, 1.165) is 12.1 Å². The zero-order valence-electron chi connectivity index (χ0n) is 17.4. The lowest BCUT2D eigenvalue weighted by molar-refractivity contribution is 0.0937. The Kier molecular flexibility index (Phi) is 6.02. The summed E-state index contributed by atoms with van der Waals surface area (Å²) < 4.78 is 35.0. The lowest BCUT2D eigenvalue weighted by atomic mass is 10.0. The summed E-state index contributed by atoms with van der Waals surface area (Å²) in [5.74, 6) is -1.67. The van der Waals surface area contributed by atoms with Gasteiger partial charge < -0.3 is 15.8 Å². The molecule has 0 spiro atoms. The predicted molar refractivity (Wildman–Crippen MR) is 108 cm³/mol. The van der Waals surface area contributed by atoms with Gasteiger partial charge in [0.15, 0.2) is 0 Å². The molecular weight excluding hydrogens is 392 g/mol. The first-order valence-corrected chi connectivity index (χ1v) is 9.62. The molecule has 0 bridgehead atoms. The van der Waals surface area contributed by atoms with Crippen LogP contribution in [0.3, 0.4) is 0 Å². The molecule has 0 saturated carbocycles. The Balaban J connectivity index is 1.93. The van der Waals surface area contributed by atoms with Crippen molar-refractivity contribution in [2.75, 3.05) is 6.54 Å². The smallest absolute Gasteiger partial charge is 0.270 e. The van der Waals surface area contributed by atoms with E-state index in [2.05, 4.69) is 15.3 Å². The third kappa shape index (κ3) is 4.40. The fourth-order valence-corrected chi connectivity index (χ4v) is 2.92. The molecule has 0 aliphatic carbocycles. The van der Waals surface area contributed by atoms with Crippen molar-refractivity contribution in [3.8, 4) is 5.88 Å². The van der Waals surface area contributed by atoms with E-state index in [1.54, 1.807) is 24.4 Å². The van der Waals surface area contributed by atoms with Crippen molar-refractivity contribution < 1.29 is 18.3 Å². The number of carbonyl (C=O) groups excluding carboxylic acids is 1. The molecule has 3 aromatic rings. The number of aromatic nitrogens is 3. The standard InChI is InChI=1S/C21H25F2N5O2/c1-5-21(4,24)11-25-19(29)17-13(3)27-18-20(26-12(2)9-28(17)18)30-10-14-15(22)7-6-8-16(14)23/h6-9H,5,10-11,24H2,1-4H3,(H,25,29)/t21-/m0/s1. The lowest BCUT2D eigenvalue weighted by Crippen LogP contribution is -2.47. The highest BCUT2D eigenvalue weighted by molar-refractivity contribution is 5.95. The molecule has 0 radical (unpaired) electrons. The van der Waals surface area contributed by atoms with Gasteiger partial charge in [0.05, 0.1) is 17.0 Å². The van der Waals surface area contributed by atoms with Crippen molar-refractivity contribution in [3.05, 3.63) is 58.7 Å². The minimum absolute atomic E-state index is 0.0806. The van der Waals surface area contributed by atoms with E-state index in [4.69, 9.17) is 10.5 Å². The minimum Gasteiger partial charge on any atom is -0.470 e. The van der Waals surface area contributed by atoms with Gasteiger partial charge in [-0.15, -0.1) is 0 Å². The Morgan fingerprint density at radius 2 is 1.93 bits per heavy atom. The second-order valence-electron chi connectivity index (χ2n) is 7.61. The Bertz CT molecular complexity index is 1070. The minimum atomic E-state index is -0.709. The van der Waals surface area contributed by atoms with Crippen LogP contribution in [0.15, 0.2) is 24.4 Å². The first-order valence-electron chi connectivity index (χ1n) is 9.62. The van der Waals surface area contributed by atoms with E-state index in [1.165, 1.54) is 6.07 Å². The summed E-state index contributed by atoms with van der Waals surface area (Å²) in [5, 5.41) is 2.84. The number of nitrogens with one attached hydrogen (secondary N) is 1. The SMILES string of the molecule is CC[C@](C)(N)CNC(=O)c1c(C)nc2c(OCc3c(F)cccc3F)nc(C)cn12. The molecule has 0 fully saturated rings. The summed E-state index contributed by atoms with van der Waals surface area (Å²) in [5.41, 5.74) is 7.00. The summed E-state index contributed by atoms with van der Waals surface area (Å²) in [7, 11) is 0. The maximum atomic E-state index is 13.9. The summed E-state index contributed by atoms with van der Waals surface area (Å²) in [6, 6.07) is 3.60. The van der Waals surface area contributed by atoms with Gasteiger partial charge in [0.25, 0.3) is 11.8 Å². The molecule has 2 heterocycles. The van der Waals surface area contributed by atoms with Crippen LogP contribution in [0.1, 0.15) is 47.7 Å². The van der Waals surface area contributed by atoms with Crippen LogP contribution in [0.2, 0.25) is 0 Å². The van der Waals surface area contributed by atoms with Crippen molar-refractivity contribution in [2.24, 2.45) is 5.73 Å². The van der Waals surface area contributed by atoms with Crippen molar-refractivity contribution in [3.63, 3.8) is 0 Å². The number of nitrogens with zero attached hydrogens (tertiary/aromatic N) is 3. The van der Waals surface area contributed by atoms with Crippen LogP contribution >= 0.6 is 0 Å². The molecule has 1 amide bonds. The molecule has 160 valence electrons. The van der Waals surface area contributed by atoms with E-state index in [-0.39, 0.29) is 29.6 Å². The number of imidazole rings is 1. The molecule has 0 aliphatic heterocycles. The molecule has 1 aromatic carbocycles. The lowest BCUT2D eigenvalue weighted by Gasteiger charge is -2.22. The quantitative estimate of drug-likeness (QED) is 0.616. The number of halogens is 2. The Labute approximate surface area is 173 Å². The fourth-order valence-electron chi connectivity index (χ4n) is 2.92. The van der Waals surface area contributed by atoms with Gasteiger partial charge in [-0.25, -0.2) is 18.7 Å². The normalized spacial score (nSPS) is 13.3. The van der Waals surface area contributed by atoms with Gasteiger partial charge in [-0.05, 0) is 39.3 Å². The molecule has 9 heteroatoms. The number of benzene rings is 1. The molecule has 3 N–H and O–H groups in total. The highest BCUT2D eigenvalue weighted by atomic mass is 19.1. The van der Waals surface area contributed by atoms with E-state index >= 15 is 0 Å². The number of hydrogen-bond acceptors (Lipinski definition) is 5. The molecule has 1 atom stereocenters. The van der Waals surface area contributed by atoms with Crippen LogP contribution in [0.25, 0.3) is 5.65 Å². The number of hydrogen-bond donors (Lipinski definition) is 2. The van der Waals surface area contributed by atoms with E-state index < -0.39 is 17.2 Å². The number of fused-ring (bicyclic) bond motifs is 1. The number of aryl methyl sites for hydroxylation is 2. The third-order valence-corrected chi connectivity index (χ3v) is 4.96. The zero-order chi connectivity index (χ0) is 22.1. The number of amides is 1. The zero-order valence-corrected chi connectivity index (χ0v) is 17.4. The Hall–Kier alpha value is -3.07. The fraction of sp³-hybridized carbons (Fsp3) is 0.381. The average molecular weight is 417 g/mol. The second-order valence-corrected chi connectivity index (χ2v) is 7.61. The molecule has 0 unspecified atom stereocenters. The Morgan fingerprint density at radius 1 is 1.27 bits per heavy atom. The van der Waals surface area contributed by atoms with Crippen LogP contribution in [0, 0.1) is 25.5 Å². The number of rotatable bonds is 7. The first-order chi connectivity index (χ1) is 14.1. The van der Waals surface area contributed by atoms with Gasteiger partial charge in [0, 0.05) is 18.3 Å². The monoisotopic (exact) mass is 417 g/mol. The third-order valence-electron chi connectivity index (χ3n) is 4.96. The van der Waals surface area contributed by atoms with Gasteiger partial charge in [-0.3, -0.25) is 9.20 Å². The van der Waals surface area contributed by atoms with Gasteiger partial charge in [0.1, 0.15) is 23.9 Å². The van der Waals surface area contributed by atoms with Crippen molar-refractivity contribution >= 4 is 11.6 Å². The van der Waals surface area contributed by atoms with Crippen LogP contribution in [-0.4, -0.2) is 32.4 Å². The summed E-state index contributed by atoms with van der Waals surface area (Å²) in [4.78, 5) is 21.5. The molecule has 0 saturated heterocycles. The summed E-state index contributed by atoms with van der Waals surface area (Å²) >= 11 is 0. The topological polar surface area (TPSA) is 94.5 Å². The van der Waals surface area contributed by atoms with Crippen LogP contribution in [0.4, 0.5) is 8.78 Å². The molecule has 2 aromatic heterocycles. The second kappa shape index (κ2) is 8.35. The van der Waals surface area contributed by atoms with Crippen molar-refractivity contribution in [1.82, 2.24) is 19.7 Å². The van der Waals surface area contributed by atoms with E-state index in [0.29, 0.717) is 30.0 Å². The average Bonchev–Trinajstić information content (AvgIpc) is 3.01. The van der Waals surface area contributed by atoms with Gasteiger partial charge in [-0.1, -0.05) is 13.0 Å². The Morgan fingerprint density at radius 3 is 2.57 bits per heavy atom. The van der Waals surface area contributed by atoms with Crippen molar-refractivity contribution in [1.29, 1.82) is 0 Å². The van der Waals surface area contributed by atoms with Gasteiger partial charge in [0.2, 0.25) is 5.65 Å². The molecule has 30 heavy (non-hydrogen) atoms. The molecule has 3 rings (SSSR count). The summed E-state index contributed by atoms with van der Waals surface area (Å²) in [6.45, 7) is 7.16. The number of carbonyl (C=O) groups is 1. The van der Waals surface area contributed by atoms with Gasteiger partial charge >= 0.3 is 0 Å². The van der Waals surface area contributed by atoms with Crippen LogP contribution in [0.5, 0.6) is 5.88 Å². The van der Waals surface area contributed by atoms with Gasteiger partial charge in [-0.2, -0.15) is 0 Å². The molecule has 0 aliphatic rings. The first kappa shape index (κ1) is 21.6. The number of ether oxygens (including phenoxy) is 1. The molecule has 7 nitrogen and oxygen atoms in total. The van der Waals surface area contributed by atoms with Crippen LogP contribution < -0.4 is 15.8 Å².